The molecule has 0 spiro atoms. The summed E-state index contributed by atoms with van der Waals surface area (Å²) in [4.78, 5) is 4.28. The van der Waals surface area contributed by atoms with Crippen LogP contribution < -0.4 is 10.6 Å². The summed E-state index contributed by atoms with van der Waals surface area (Å²) in [5.41, 5.74) is 3.57. The largest absolute Gasteiger partial charge is 0.381 e. The Kier molecular flexibility index (Phi) is 12.5. The number of rotatable bonds is 10. The molecule has 2 aromatic carbocycles. The van der Waals surface area contributed by atoms with Crippen LogP contribution in [0, 0.1) is 0 Å². The number of hydrogen-bond donors (Lipinski definition) is 2. The number of aliphatic imine (C=N–C) groups is 1. The third-order valence-electron chi connectivity index (χ3n) is 4.98. The molecule has 0 atom stereocenters. The fourth-order valence-corrected chi connectivity index (χ4v) is 3.30. The fourth-order valence-electron chi connectivity index (χ4n) is 3.30. The first-order chi connectivity index (χ1) is 14.8. The van der Waals surface area contributed by atoms with Gasteiger partial charge in [0.25, 0.3) is 0 Å². The highest BCUT2D eigenvalue weighted by Gasteiger charge is 2.14. The molecule has 0 aliphatic carbocycles. The van der Waals surface area contributed by atoms with E-state index in [0.29, 0.717) is 39.0 Å². The fraction of sp³-hybridized carbons (Fsp3) is 0.458. The first-order valence-corrected chi connectivity index (χ1v) is 10.7. The summed E-state index contributed by atoms with van der Waals surface area (Å²) in [6, 6.07) is 18.7. The summed E-state index contributed by atoms with van der Waals surface area (Å²) in [5.74, 6) is 0.766. The van der Waals surface area contributed by atoms with Crippen LogP contribution in [-0.4, -0.2) is 45.5 Å². The lowest BCUT2D eigenvalue weighted by Gasteiger charge is -2.22. The van der Waals surface area contributed by atoms with Crippen LogP contribution in [0.4, 0.5) is 0 Å². The van der Waals surface area contributed by atoms with Crippen molar-refractivity contribution in [1.82, 2.24) is 10.6 Å². The van der Waals surface area contributed by atoms with Crippen LogP contribution in [0.3, 0.4) is 0 Å². The maximum absolute atomic E-state index is 6.03. The van der Waals surface area contributed by atoms with Crippen molar-refractivity contribution in [2.75, 3.05) is 33.4 Å². The van der Waals surface area contributed by atoms with E-state index in [1.54, 1.807) is 7.05 Å². The number of halogens is 1. The predicted octanol–water partition coefficient (Wildman–Crippen LogP) is 3.88. The van der Waals surface area contributed by atoms with E-state index < -0.39 is 0 Å². The lowest BCUT2D eigenvalue weighted by molar-refractivity contribution is -0.0390. The molecule has 6 nitrogen and oxygen atoms in total. The van der Waals surface area contributed by atoms with Gasteiger partial charge in [-0.3, -0.25) is 4.99 Å². The normalized spacial score (nSPS) is 14.7. The van der Waals surface area contributed by atoms with E-state index in [-0.39, 0.29) is 24.0 Å². The van der Waals surface area contributed by atoms with Gasteiger partial charge in [-0.1, -0.05) is 54.6 Å². The quantitative estimate of drug-likeness (QED) is 0.208. The second-order valence-electron chi connectivity index (χ2n) is 7.33. The van der Waals surface area contributed by atoms with Gasteiger partial charge in [0, 0.05) is 33.4 Å². The van der Waals surface area contributed by atoms with Crippen LogP contribution in [0.25, 0.3) is 0 Å². The number of nitrogens with one attached hydrogen (secondary N) is 2. The topological polar surface area (TPSA) is 64.1 Å². The standard InChI is InChI=1S/C24H33N3O3.HI/c1-25-24(26-12-15-29-18-20-6-3-2-4-7-20)27-17-21-8-5-9-22(16-21)19-30-23-10-13-28-14-11-23;/h2-9,16,23H,10-15,17-19H2,1H3,(H2,25,26,27);1H. The first-order valence-electron chi connectivity index (χ1n) is 10.7. The molecule has 1 saturated heterocycles. The molecule has 0 amide bonds. The van der Waals surface area contributed by atoms with Gasteiger partial charge in [0.2, 0.25) is 0 Å². The monoisotopic (exact) mass is 539 g/mol. The Morgan fingerprint density at radius 1 is 0.968 bits per heavy atom. The molecule has 7 heteroatoms. The van der Waals surface area contributed by atoms with Crippen molar-refractivity contribution in [3.8, 4) is 0 Å². The van der Waals surface area contributed by atoms with Gasteiger partial charge in [0.1, 0.15) is 0 Å². The minimum atomic E-state index is 0. The molecule has 0 aromatic heterocycles. The molecule has 1 heterocycles. The van der Waals surface area contributed by atoms with E-state index in [4.69, 9.17) is 14.2 Å². The number of hydrogen-bond acceptors (Lipinski definition) is 4. The molecule has 2 aromatic rings. The van der Waals surface area contributed by atoms with E-state index >= 15 is 0 Å². The minimum Gasteiger partial charge on any atom is -0.381 e. The maximum Gasteiger partial charge on any atom is 0.191 e. The van der Waals surface area contributed by atoms with Crippen LogP contribution in [0.1, 0.15) is 29.5 Å². The average Bonchev–Trinajstić information content (AvgIpc) is 2.81. The van der Waals surface area contributed by atoms with Crippen molar-refractivity contribution in [2.24, 2.45) is 4.99 Å². The highest BCUT2D eigenvalue weighted by molar-refractivity contribution is 14.0. The molecular weight excluding hydrogens is 505 g/mol. The zero-order valence-electron chi connectivity index (χ0n) is 18.2. The van der Waals surface area contributed by atoms with Crippen molar-refractivity contribution in [3.63, 3.8) is 0 Å². The van der Waals surface area contributed by atoms with Gasteiger partial charge >= 0.3 is 0 Å². The molecule has 1 fully saturated rings. The van der Waals surface area contributed by atoms with Crippen LogP contribution in [0.5, 0.6) is 0 Å². The summed E-state index contributed by atoms with van der Waals surface area (Å²) >= 11 is 0. The smallest absolute Gasteiger partial charge is 0.191 e. The Balaban J connectivity index is 0.00000341. The molecule has 0 saturated carbocycles. The van der Waals surface area contributed by atoms with Gasteiger partial charge in [-0.25, -0.2) is 0 Å². The van der Waals surface area contributed by atoms with Crippen molar-refractivity contribution in [2.45, 2.75) is 38.7 Å². The Morgan fingerprint density at radius 2 is 1.71 bits per heavy atom. The van der Waals surface area contributed by atoms with E-state index in [2.05, 4.69) is 52.0 Å². The summed E-state index contributed by atoms with van der Waals surface area (Å²) in [6.07, 6.45) is 2.28. The number of guanidine groups is 1. The molecule has 3 rings (SSSR count). The molecule has 1 aliphatic heterocycles. The van der Waals surface area contributed by atoms with Crippen molar-refractivity contribution >= 4 is 29.9 Å². The molecule has 31 heavy (non-hydrogen) atoms. The van der Waals surface area contributed by atoms with Crippen LogP contribution in [-0.2, 0) is 34.0 Å². The molecule has 0 bridgehead atoms. The summed E-state index contributed by atoms with van der Waals surface area (Å²) in [6.45, 7) is 4.90. The SMILES string of the molecule is CN=C(NCCOCc1ccccc1)NCc1cccc(COC2CCOCC2)c1.I. The van der Waals surface area contributed by atoms with E-state index in [1.165, 1.54) is 16.7 Å². The van der Waals surface area contributed by atoms with E-state index in [0.717, 1.165) is 32.0 Å². The minimum absolute atomic E-state index is 0. The average molecular weight is 539 g/mol. The van der Waals surface area contributed by atoms with Crippen LogP contribution in [0.15, 0.2) is 59.6 Å². The highest BCUT2D eigenvalue weighted by Crippen LogP contribution is 2.14. The zero-order valence-corrected chi connectivity index (χ0v) is 20.5. The second-order valence-corrected chi connectivity index (χ2v) is 7.33. The van der Waals surface area contributed by atoms with Gasteiger partial charge in [0.05, 0.1) is 25.9 Å². The Hall–Kier alpha value is -1.68. The van der Waals surface area contributed by atoms with E-state index in [1.807, 2.05) is 18.2 Å². The lowest BCUT2D eigenvalue weighted by Crippen LogP contribution is -2.38. The molecule has 0 unspecified atom stereocenters. The van der Waals surface area contributed by atoms with E-state index in [9.17, 15) is 0 Å². The van der Waals surface area contributed by atoms with Gasteiger partial charge < -0.3 is 24.8 Å². The Labute approximate surface area is 202 Å². The van der Waals surface area contributed by atoms with Gasteiger partial charge in [-0.15, -0.1) is 24.0 Å². The second kappa shape index (κ2) is 15.2. The predicted molar refractivity (Wildman–Crippen MR) is 135 cm³/mol. The Bertz CT molecular complexity index is 768. The van der Waals surface area contributed by atoms with Crippen LogP contribution >= 0.6 is 24.0 Å². The molecule has 1 aliphatic rings. The zero-order chi connectivity index (χ0) is 20.9. The van der Waals surface area contributed by atoms with Crippen molar-refractivity contribution in [1.29, 1.82) is 0 Å². The molecule has 0 radical (unpaired) electrons. The molecule has 2 N–H and O–H groups in total. The third-order valence-corrected chi connectivity index (χ3v) is 4.98. The number of benzene rings is 2. The molecular formula is C24H34IN3O3. The summed E-state index contributed by atoms with van der Waals surface area (Å²) < 4.78 is 17.1. The van der Waals surface area contributed by atoms with Crippen LogP contribution in [0.2, 0.25) is 0 Å². The lowest BCUT2D eigenvalue weighted by atomic mass is 10.1. The summed E-state index contributed by atoms with van der Waals surface area (Å²) in [5, 5.41) is 6.64. The number of ether oxygens (including phenoxy) is 3. The van der Waals surface area contributed by atoms with Gasteiger partial charge in [0.15, 0.2) is 5.96 Å². The first kappa shape index (κ1) is 25.6. The van der Waals surface area contributed by atoms with Gasteiger partial charge in [-0.05, 0) is 29.5 Å². The number of nitrogens with zero attached hydrogens (tertiary/aromatic N) is 1. The van der Waals surface area contributed by atoms with Crippen molar-refractivity contribution in [3.05, 3.63) is 71.3 Å². The van der Waals surface area contributed by atoms with Gasteiger partial charge in [-0.2, -0.15) is 0 Å². The third kappa shape index (κ3) is 9.99. The Morgan fingerprint density at radius 3 is 2.48 bits per heavy atom. The van der Waals surface area contributed by atoms with Crippen molar-refractivity contribution < 1.29 is 14.2 Å². The summed E-state index contributed by atoms with van der Waals surface area (Å²) in [7, 11) is 1.78. The highest BCUT2D eigenvalue weighted by atomic mass is 127. The maximum atomic E-state index is 6.03. The molecule has 170 valence electrons.